The van der Waals surface area contributed by atoms with Crippen LogP contribution in [0.4, 0.5) is 5.82 Å². The molecule has 1 saturated heterocycles. The van der Waals surface area contributed by atoms with Crippen molar-refractivity contribution in [1.82, 2.24) is 15.3 Å². The SMILES string of the molecule is NC1=NC(N)(c2ccc(OCCN3CCCC3)c(Cl)c2)NN1c1nccc2ccccc12. The number of likely N-dealkylation sites (tertiary alicyclic amines) is 1. The molecule has 2 aliphatic heterocycles. The van der Waals surface area contributed by atoms with Crippen molar-refractivity contribution in [3.8, 4) is 5.75 Å². The number of hydrogen-bond donors (Lipinski definition) is 3. The number of rotatable bonds is 6. The van der Waals surface area contributed by atoms with E-state index in [0.717, 1.165) is 30.4 Å². The zero-order chi connectivity index (χ0) is 22.1. The molecule has 3 heterocycles. The molecular weight excluding hydrogens is 426 g/mol. The highest BCUT2D eigenvalue weighted by molar-refractivity contribution is 6.32. The molecule has 1 unspecified atom stereocenters. The Morgan fingerprint density at radius 2 is 1.94 bits per heavy atom. The highest BCUT2D eigenvalue weighted by atomic mass is 35.5. The van der Waals surface area contributed by atoms with Gasteiger partial charge in [-0.05, 0) is 55.6 Å². The first-order valence-corrected chi connectivity index (χ1v) is 11.1. The second kappa shape index (κ2) is 8.55. The lowest BCUT2D eigenvalue weighted by Gasteiger charge is -2.26. The van der Waals surface area contributed by atoms with Gasteiger partial charge in [0.15, 0.2) is 5.82 Å². The van der Waals surface area contributed by atoms with Crippen LogP contribution in [0.1, 0.15) is 18.4 Å². The fraction of sp³-hybridized carbons (Fsp3) is 0.304. The van der Waals surface area contributed by atoms with E-state index in [-0.39, 0.29) is 5.96 Å². The van der Waals surface area contributed by atoms with E-state index < -0.39 is 5.79 Å². The lowest BCUT2D eigenvalue weighted by atomic mass is 10.1. The molecule has 0 amide bonds. The highest BCUT2D eigenvalue weighted by Crippen LogP contribution is 2.33. The minimum absolute atomic E-state index is 0.221. The Hall–Kier alpha value is -2.91. The van der Waals surface area contributed by atoms with Crippen LogP contribution in [-0.2, 0) is 5.79 Å². The molecule has 2 aliphatic rings. The van der Waals surface area contributed by atoms with Gasteiger partial charge in [-0.15, -0.1) is 0 Å². The third kappa shape index (κ3) is 3.98. The number of pyridine rings is 1. The number of aromatic nitrogens is 1. The number of guanidine groups is 1. The Labute approximate surface area is 191 Å². The van der Waals surface area contributed by atoms with Gasteiger partial charge in [-0.3, -0.25) is 10.6 Å². The number of benzene rings is 2. The minimum atomic E-state index is -1.28. The number of nitrogens with zero attached hydrogens (tertiary/aromatic N) is 4. The molecule has 2 aromatic carbocycles. The van der Waals surface area contributed by atoms with Crippen LogP contribution in [0.2, 0.25) is 5.02 Å². The van der Waals surface area contributed by atoms with Crippen LogP contribution in [0.3, 0.4) is 0 Å². The van der Waals surface area contributed by atoms with E-state index in [0.29, 0.717) is 28.8 Å². The first kappa shape index (κ1) is 21.0. The van der Waals surface area contributed by atoms with Gasteiger partial charge in [-0.2, -0.15) is 5.43 Å². The number of nitrogens with one attached hydrogen (secondary N) is 1. The molecule has 5 rings (SSSR count). The van der Waals surface area contributed by atoms with Gasteiger partial charge in [0.25, 0.3) is 0 Å². The standard InChI is InChI=1S/C23H26ClN7O/c24-19-15-17(7-8-20(19)32-14-13-30-11-3-4-12-30)23(26)28-22(25)31(29-23)21-18-6-2-1-5-16(18)9-10-27-21/h1-2,5-10,15,29H,3-4,11-14,26H2,(H2,25,28). The van der Waals surface area contributed by atoms with E-state index in [4.69, 9.17) is 27.8 Å². The van der Waals surface area contributed by atoms with Gasteiger partial charge in [-0.1, -0.05) is 35.9 Å². The molecule has 9 heteroatoms. The van der Waals surface area contributed by atoms with Crippen LogP contribution in [0.25, 0.3) is 10.8 Å². The summed E-state index contributed by atoms with van der Waals surface area (Å²) in [5.74, 6) is 0.198. The summed E-state index contributed by atoms with van der Waals surface area (Å²) < 4.78 is 5.89. The zero-order valence-electron chi connectivity index (χ0n) is 17.7. The normalized spacial score (nSPS) is 21.3. The number of fused-ring (bicyclic) bond motifs is 1. The number of anilines is 1. The van der Waals surface area contributed by atoms with Crippen molar-refractivity contribution in [2.24, 2.45) is 16.5 Å². The van der Waals surface area contributed by atoms with Crippen LogP contribution in [0.15, 0.2) is 59.7 Å². The van der Waals surface area contributed by atoms with Crippen LogP contribution < -0.4 is 26.6 Å². The lowest BCUT2D eigenvalue weighted by Crippen LogP contribution is -2.53. The summed E-state index contributed by atoms with van der Waals surface area (Å²) in [5, 5.41) is 4.06. The van der Waals surface area contributed by atoms with E-state index in [1.54, 1.807) is 17.3 Å². The van der Waals surface area contributed by atoms with Crippen LogP contribution in [0, 0.1) is 0 Å². The lowest BCUT2D eigenvalue weighted by molar-refractivity contribution is 0.237. The van der Waals surface area contributed by atoms with E-state index >= 15 is 0 Å². The molecule has 32 heavy (non-hydrogen) atoms. The second-order valence-electron chi connectivity index (χ2n) is 8.08. The second-order valence-corrected chi connectivity index (χ2v) is 8.49. The van der Waals surface area contributed by atoms with Crippen LogP contribution in [0.5, 0.6) is 5.75 Å². The first-order valence-electron chi connectivity index (χ1n) is 10.7. The van der Waals surface area contributed by atoms with Crippen molar-refractivity contribution in [2.75, 3.05) is 31.3 Å². The van der Waals surface area contributed by atoms with Crippen LogP contribution >= 0.6 is 11.6 Å². The van der Waals surface area contributed by atoms with Crippen molar-refractivity contribution in [2.45, 2.75) is 18.6 Å². The Bertz CT molecular complexity index is 1160. The maximum absolute atomic E-state index is 6.59. The summed E-state index contributed by atoms with van der Waals surface area (Å²) in [4.78, 5) is 11.4. The number of ether oxygens (including phenoxy) is 1. The van der Waals surface area contributed by atoms with Crippen molar-refractivity contribution in [3.63, 3.8) is 0 Å². The quantitative estimate of drug-likeness (QED) is 0.529. The van der Waals surface area contributed by atoms with E-state index in [9.17, 15) is 0 Å². The predicted octanol–water partition coefficient (Wildman–Crippen LogP) is 2.77. The highest BCUT2D eigenvalue weighted by Gasteiger charge is 2.38. The largest absolute Gasteiger partial charge is 0.491 e. The topological polar surface area (TPSA) is 105 Å². The van der Waals surface area contributed by atoms with Crippen molar-refractivity contribution in [1.29, 1.82) is 0 Å². The van der Waals surface area contributed by atoms with E-state index in [2.05, 4.69) is 20.3 Å². The molecule has 0 radical (unpaired) electrons. The number of halogens is 1. The molecule has 0 spiro atoms. The van der Waals surface area contributed by atoms with Crippen molar-refractivity contribution < 1.29 is 4.74 Å². The van der Waals surface area contributed by atoms with Gasteiger partial charge in [0.05, 0.1) is 5.02 Å². The fourth-order valence-electron chi connectivity index (χ4n) is 4.20. The van der Waals surface area contributed by atoms with Crippen molar-refractivity contribution in [3.05, 3.63) is 65.3 Å². The van der Waals surface area contributed by atoms with Gasteiger partial charge in [0, 0.05) is 23.7 Å². The zero-order valence-corrected chi connectivity index (χ0v) is 18.4. The molecule has 1 atom stereocenters. The molecule has 166 valence electrons. The monoisotopic (exact) mass is 451 g/mol. The van der Waals surface area contributed by atoms with Gasteiger partial charge in [0.1, 0.15) is 12.4 Å². The Balaban J connectivity index is 1.34. The molecule has 0 bridgehead atoms. The number of hydrazine groups is 1. The minimum Gasteiger partial charge on any atom is -0.491 e. The third-order valence-corrected chi connectivity index (χ3v) is 6.20. The molecule has 0 aliphatic carbocycles. The van der Waals surface area contributed by atoms with Gasteiger partial charge in [0.2, 0.25) is 11.7 Å². The number of nitrogens with two attached hydrogens (primary N) is 2. The predicted molar refractivity (Wildman–Crippen MR) is 127 cm³/mol. The average Bonchev–Trinajstić information content (AvgIpc) is 3.42. The van der Waals surface area contributed by atoms with Crippen LogP contribution in [-0.4, -0.2) is 42.1 Å². The average molecular weight is 452 g/mol. The van der Waals surface area contributed by atoms with Gasteiger partial charge in [-0.25, -0.2) is 15.0 Å². The van der Waals surface area contributed by atoms with Gasteiger partial charge < -0.3 is 10.5 Å². The Kier molecular flexibility index (Phi) is 5.60. The molecule has 8 nitrogen and oxygen atoms in total. The van der Waals surface area contributed by atoms with E-state index in [1.807, 2.05) is 42.5 Å². The smallest absolute Gasteiger partial charge is 0.215 e. The molecule has 0 saturated carbocycles. The Morgan fingerprint density at radius 3 is 2.75 bits per heavy atom. The molecular formula is C23H26ClN7O. The maximum Gasteiger partial charge on any atom is 0.215 e. The van der Waals surface area contributed by atoms with Gasteiger partial charge >= 0.3 is 0 Å². The number of aliphatic imine (C=N–C) groups is 1. The first-order chi connectivity index (χ1) is 15.5. The summed E-state index contributed by atoms with van der Waals surface area (Å²) in [6, 6.07) is 15.3. The van der Waals surface area contributed by atoms with Crippen molar-refractivity contribution >= 4 is 34.2 Å². The summed E-state index contributed by atoms with van der Waals surface area (Å²) >= 11 is 6.51. The number of hydrogen-bond acceptors (Lipinski definition) is 8. The fourth-order valence-corrected chi connectivity index (χ4v) is 4.44. The summed E-state index contributed by atoms with van der Waals surface area (Å²) in [7, 11) is 0. The van der Waals surface area contributed by atoms with E-state index in [1.165, 1.54) is 12.8 Å². The molecule has 3 aromatic rings. The molecule has 1 fully saturated rings. The summed E-state index contributed by atoms with van der Waals surface area (Å²) in [6.07, 6.45) is 4.25. The Morgan fingerprint density at radius 1 is 1.12 bits per heavy atom. The molecule has 5 N–H and O–H groups in total. The summed E-state index contributed by atoms with van der Waals surface area (Å²) in [6.45, 7) is 3.77. The maximum atomic E-state index is 6.59. The molecule has 1 aromatic heterocycles. The third-order valence-electron chi connectivity index (χ3n) is 5.90. The summed E-state index contributed by atoms with van der Waals surface area (Å²) in [5.41, 5.74) is 16.7.